The highest BCUT2D eigenvalue weighted by Gasteiger charge is 2.30. The summed E-state index contributed by atoms with van der Waals surface area (Å²) in [6.45, 7) is 1.03. The first-order valence-electron chi connectivity index (χ1n) is 5.38. The molecule has 0 aliphatic carbocycles. The van der Waals surface area contributed by atoms with Crippen LogP contribution in [0.15, 0.2) is 23.5 Å². The fourth-order valence-corrected chi connectivity index (χ4v) is 1.93. The van der Waals surface area contributed by atoms with Gasteiger partial charge in [-0.15, -0.1) is 4.91 Å². The van der Waals surface area contributed by atoms with Gasteiger partial charge >= 0.3 is 0 Å². The number of hydrogen-bond acceptors (Lipinski definition) is 5. The molecular formula is C11H15N3O3. The molecule has 0 bridgehead atoms. The quantitative estimate of drug-likeness (QED) is 0.796. The van der Waals surface area contributed by atoms with Crippen LogP contribution >= 0.6 is 0 Å². The lowest BCUT2D eigenvalue weighted by Crippen LogP contribution is -2.45. The summed E-state index contributed by atoms with van der Waals surface area (Å²) >= 11 is 0. The molecule has 1 aliphatic heterocycles. The number of ether oxygens (including phenoxy) is 2. The molecule has 0 radical (unpaired) electrons. The van der Waals surface area contributed by atoms with Crippen LogP contribution in [-0.4, -0.2) is 33.4 Å². The number of hydrogen-bond donors (Lipinski definition) is 1. The smallest absolute Gasteiger partial charge is 0.186 e. The monoisotopic (exact) mass is 237 g/mol. The first kappa shape index (κ1) is 11.7. The first-order chi connectivity index (χ1) is 8.31. The Morgan fingerprint density at radius 1 is 1.65 bits per heavy atom. The van der Waals surface area contributed by atoms with Crippen molar-refractivity contribution in [2.75, 3.05) is 32.3 Å². The molecule has 6 nitrogen and oxygen atoms in total. The summed E-state index contributed by atoms with van der Waals surface area (Å²) in [6, 6.07) is 5.29. The van der Waals surface area contributed by atoms with Gasteiger partial charge in [0.25, 0.3) is 0 Å². The SMILES string of the molecule is CNCC1COc2c(OC)cccc2N1N=O. The minimum Gasteiger partial charge on any atom is -0.493 e. The van der Waals surface area contributed by atoms with E-state index in [1.165, 1.54) is 5.01 Å². The van der Waals surface area contributed by atoms with Crippen LogP contribution in [0.25, 0.3) is 0 Å². The van der Waals surface area contributed by atoms with E-state index in [0.29, 0.717) is 30.3 Å². The lowest BCUT2D eigenvalue weighted by atomic mass is 10.2. The second kappa shape index (κ2) is 5.01. The molecule has 1 unspecified atom stereocenters. The van der Waals surface area contributed by atoms with Crippen LogP contribution < -0.4 is 19.8 Å². The van der Waals surface area contributed by atoms with Gasteiger partial charge in [-0.3, -0.25) is 0 Å². The van der Waals surface area contributed by atoms with E-state index in [1.54, 1.807) is 25.3 Å². The lowest BCUT2D eigenvalue weighted by Gasteiger charge is -2.32. The molecule has 1 aromatic carbocycles. The van der Waals surface area contributed by atoms with Crippen molar-refractivity contribution in [2.45, 2.75) is 6.04 Å². The van der Waals surface area contributed by atoms with Crippen molar-refractivity contribution < 1.29 is 9.47 Å². The third-order valence-electron chi connectivity index (χ3n) is 2.72. The summed E-state index contributed by atoms with van der Waals surface area (Å²) in [5.74, 6) is 1.18. The minimum atomic E-state index is -0.0999. The number of benzene rings is 1. The average Bonchev–Trinajstić information content (AvgIpc) is 2.38. The van der Waals surface area contributed by atoms with E-state index in [4.69, 9.17) is 9.47 Å². The predicted octanol–water partition coefficient (Wildman–Crippen LogP) is 1.16. The number of fused-ring (bicyclic) bond motifs is 1. The van der Waals surface area contributed by atoms with Crippen molar-refractivity contribution in [3.63, 3.8) is 0 Å². The molecule has 92 valence electrons. The average molecular weight is 237 g/mol. The van der Waals surface area contributed by atoms with Gasteiger partial charge < -0.3 is 14.8 Å². The van der Waals surface area contributed by atoms with Crippen molar-refractivity contribution in [1.82, 2.24) is 5.32 Å². The number of likely N-dealkylation sites (N-methyl/N-ethyl adjacent to an activating group) is 1. The van der Waals surface area contributed by atoms with Crippen LogP contribution in [0.3, 0.4) is 0 Å². The second-order valence-electron chi connectivity index (χ2n) is 3.76. The van der Waals surface area contributed by atoms with Crippen LogP contribution in [0.1, 0.15) is 0 Å². The summed E-state index contributed by atoms with van der Waals surface area (Å²) in [5, 5.41) is 7.51. The Bertz CT molecular complexity index is 411. The van der Waals surface area contributed by atoms with Gasteiger partial charge in [-0.05, 0) is 19.2 Å². The number of nitrogens with one attached hydrogen (secondary N) is 1. The Kier molecular flexibility index (Phi) is 3.43. The van der Waals surface area contributed by atoms with Gasteiger partial charge in [-0.2, -0.15) is 0 Å². The van der Waals surface area contributed by atoms with Gasteiger partial charge in [0.15, 0.2) is 11.5 Å². The highest BCUT2D eigenvalue weighted by atomic mass is 16.5. The van der Waals surface area contributed by atoms with Crippen molar-refractivity contribution in [2.24, 2.45) is 5.29 Å². The van der Waals surface area contributed by atoms with Gasteiger partial charge in [0.2, 0.25) is 0 Å². The molecule has 1 aliphatic rings. The highest BCUT2D eigenvalue weighted by molar-refractivity contribution is 5.66. The van der Waals surface area contributed by atoms with E-state index in [2.05, 4.69) is 10.6 Å². The van der Waals surface area contributed by atoms with E-state index >= 15 is 0 Å². The summed E-state index contributed by atoms with van der Waals surface area (Å²) in [7, 11) is 3.39. The molecule has 1 aromatic rings. The fourth-order valence-electron chi connectivity index (χ4n) is 1.93. The maximum Gasteiger partial charge on any atom is 0.186 e. The molecule has 0 fully saturated rings. The molecule has 0 saturated carbocycles. The van der Waals surface area contributed by atoms with E-state index in [-0.39, 0.29) is 6.04 Å². The van der Waals surface area contributed by atoms with E-state index < -0.39 is 0 Å². The maximum atomic E-state index is 11.0. The number of nitrogens with zero attached hydrogens (tertiary/aromatic N) is 2. The van der Waals surface area contributed by atoms with Gasteiger partial charge in [-0.1, -0.05) is 6.07 Å². The van der Waals surface area contributed by atoms with Crippen LogP contribution in [0.4, 0.5) is 5.69 Å². The number of anilines is 1. The number of para-hydroxylation sites is 1. The van der Waals surface area contributed by atoms with Gasteiger partial charge in [0, 0.05) is 6.54 Å². The molecule has 0 saturated heterocycles. The maximum absolute atomic E-state index is 11.0. The van der Waals surface area contributed by atoms with Gasteiger partial charge in [0.1, 0.15) is 18.3 Å². The van der Waals surface area contributed by atoms with Crippen molar-refractivity contribution >= 4 is 5.69 Å². The van der Waals surface area contributed by atoms with Crippen LogP contribution in [-0.2, 0) is 0 Å². The molecule has 17 heavy (non-hydrogen) atoms. The molecular weight excluding hydrogens is 222 g/mol. The van der Waals surface area contributed by atoms with Gasteiger partial charge in [0.05, 0.1) is 12.4 Å². The second-order valence-corrected chi connectivity index (χ2v) is 3.76. The fraction of sp³-hybridized carbons (Fsp3) is 0.455. The summed E-state index contributed by atoms with van der Waals surface area (Å²) in [5.41, 5.74) is 0.644. The molecule has 0 amide bonds. The third-order valence-corrected chi connectivity index (χ3v) is 2.72. The molecule has 2 rings (SSSR count). The predicted molar refractivity (Wildman–Crippen MR) is 64.5 cm³/mol. The summed E-state index contributed by atoms with van der Waals surface area (Å²) in [4.78, 5) is 11.0. The third kappa shape index (κ3) is 2.03. The molecule has 1 heterocycles. The Balaban J connectivity index is 2.38. The number of nitroso groups, excluding NO2 is 1. The van der Waals surface area contributed by atoms with Crippen molar-refractivity contribution in [3.8, 4) is 11.5 Å². The lowest BCUT2D eigenvalue weighted by molar-refractivity contribution is 0.246. The van der Waals surface area contributed by atoms with Crippen LogP contribution in [0.2, 0.25) is 0 Å². The standard InChI is InChI=1S/C11H15N3O3/c1-12-6-8-7-17-11-9(14(8)13-15)4-3-5-10(11)16-2/h3-5,8,12H,6-7H2,1-2H3. The topological polar surface area (TPSA) is 63.2 Å². The van der Waals surface area contributed by atoms with Crippen molar-refractivity contribution in [3.05, 3.63) is 23.1 Å². The van der Waals surface area contributed by atoms with E-state index in [9.17, 15) is 4.91 Å². The van der Waals surface area contributed by atoms with Crippen molar-refractivity contribution in [1.29, 1.82) is 0 Å². The molecule has 0 spiro atoms. The molecule has 1 atom stereocenters. The van der Waals surface area contributed by atoms with E-state index in [0.717, 1.165) is 0 Å². The Hall–Kier alpha value is -1.82. The summed E-state index contributed by atoms with van der Waals surface area (Å²) in [6.07, 6.45) is 0. The van der Waals surface area contributed by atoms with E-state index in [1.807, 2.05) is 7.05 Å². The zero-order chi connectivity index (χ0) is 12.3. The Labute approximate surface area is 99.5 Å². The highest BCUT2D eigenvalue weighted by Crippen LogP contribution is 2.41. The Morgan fingerprint density at radius 2 is 2.47 bits per heavy atom. The molecule has 0 aromatic heterocycles. The van der Waals surface area contributed by atoms with Crippen LogP contribution in [0, 0.1) is 4.91 Å². The summed E-state index contributed by atoms with van der Waals surface area (Å²) < 4.78 is 10.8. The zero-order valence-corrected chi connectivity index (χ0v) is 9.84. The largest absolute Gasteiger partial charge is 0.493 e. The van der Waals surface area contributed by atoms with Crippen LogP contribution in [0.5, 0.6) is 11.5 Å². The Morgan fingerprint density at radius 3 is 3.12 bits per heavy atom. The normalized spacial score (nSPS) is 18.2. The number of methoxy groups -OCH3 is 1. The zero-order valence-electron chi connectivity index (χ0n) is 9.84. The van der Waals surface area contributed by atoms with Gasteiger partial charge in [-0.25, -0.2) is 5.01 Å². The number of rotatable bonds is 4. The minimum absolute atomic E-state index is 0.0999. The first-order valence-corrected chi connectivity index (χ1v) is 5.38. The molecule has 6 heteroatoms. The molecule has 1 N–H and O–H groups in total.